The molecule has 0 spiro atoms. The van der Waals surface area contributed by atoms with Crippen LogP contribution in [0.25, 0.3) is 11.4 Å². The Bertz CT molecular complexity index is 787. The number of carbonyl (C=O) groups excluding carboxylic acids is 1. The third-order valence-electron chi connectivity index (χ3n) is 3.31. The van der Waals surface area contributed by atoms with Gasteiger partial charge >= 0.3 is 0 Å². The van der Waals surface area contributed by atoms with Gasteiger partial charge < -0.3 is 5.32 Å². The largest absolute Gasteiger partial charge is 0.348 e. The van der Waals surface area contributed by atoms with E-state index in [2.05, 4.69) is 15.3 Å². The first kappa shape index (κ1) is 15.2. The summed E-state index contributed by atoms with van der Waals surface area (Å²) in [6.07, 6.45) is 3.48. The van der Waals surface area contributed by atoms with Crippen LogP contribution in [0.4, 0.5) is 0 Å². The summed E-state index contributed by atoms with van der Waals surface area (Å²) in [4.78, 5) is 20.7. The summed E-state index contributed by atoms with van der Waals surface area (Å²) >= 11 is 5.81. The SMILES string of the molecule is O=C(NCc1ccc(-c2ccccn2)nc1)c1ccc(Cl)cc1. The number of nitrogens with zero attached hydrogens (tertiary/aromatic N) is 2. The van der Waals surface area contributed by atoms with Crippen LogP contribution in [-0.4, -0.2) is 15.9 Å². The monoisotopic (exact) mass is 323 g/mol. The Hall–Kier alpha value is -2.72. The molecule has 4 nitrogen and oxygen atoms in total. The fourth-order valence-corrected chi connectivity index (χ4v) is 2.21. The minimum Gasteiger partial charge on any atom is -0.348 e. The zero-order valence-corrected chi connectivity index (χ0v) is 13.0. The van der Waals surface area contributed by atoms with Gasteiger partial charge in [0.15, 0.2) is 0 Å². The summed E-state index contributed by atoms with van der Waals surface area (Å²) in [5.41, 5.74) is 3.13. The summed E-state index contributed by atoms with van der Waals surface area (Å²) in [7, 11) is 0. The number of amides is 1. The van der Waals surface area contributed by atoms with Crippen LogP contribution in [0.15, 0.2) is 67.0 Å². The van der Waals surface area contributed by atoms with E-state index in [4.69, 9.17) is 11.6 Å². The lowest BCUT2D eigenvalue weighted by Crippen LogP contribution is -2.22. The Morgan fingerprint density at radius 1 is 0.957 bits per heavy atom. The predicted octanol–water partition coefficient (Wildman–Crippen LogP) is 3.73. The zero-order chi connectivity index (χ0) is 16.1. The molecular weight excluding hydrogens is 310 g/mol. The van der Waals surface area contributed by atoms with E-state index in [1.165, 1.54) is 0 Å². The lowest BCUT2D eigenvalue weighted by molar-refractivity contribution is 0.0951. The van der Waals surface area contributed by atoms with Crippen molar-refractivity contribution in [3.8, 4) is 11.4 Å². The van der Waals surface area contributed by atoms with E-state index in [0.717, 1.165) is 17.0 Å². The molecule has 0 fully saturated rings. The third-order valence-corrected chi connectivity index (χ3v) is 3.56. The highest BCUT2D eigenvalue weighted by Crippen LogP contribution is 2.13. The molecule has 0 saturated carbocycles. The molecule has 0 radical (unpaired) electrons. The molecule has 2 heterocycles. The highest BCUT2D eigenvalue weighted by Gasteiger charge is 2.05. The standard InChI is InChI=1S/C18H14ClN3O/c19-15-7-5-14(6-8-15)18(23)22-12-13-4-9-17(21-11-13)16-3-1-2-10-20-16/h1-11H,12H2,(H,22,23). The average molecular weight is 324 g/mol. The molecule has 0 aliphatic heterocycles. The van der Waals surface area contributed by atoms with Crippen LogP contribution in [0.2, 0.25) is 5.02 Å². The Balaban J connectivity index is 1.62. The second-order valence-electron chi connectivity index (χ2n) is 4.96. The van der Waals surface area contributed by atoms with E-state index >= 15 is 0 Å². The van der Waals surface area contributed by atoms with Crippen LogP contribution < -0.4 is 5.32 Å². The van der Waals surface area contributed by atoms with E-state index in [1.807, 2.05) is 30.3 Å². The van der Waals surface area contributed by atoms with E-state index in [0.29, 0.717) is 17.1 Å². The summed E-state index contributed by atoms with van der Waals surface area (Å²) in [5.74, 6) is -0.143. The van der Waals surface area contributed by atoms with Gasteiger partial charge in [0.2, 0.25) is 0 Å². The minimum atomic E-state index is -0.143. The van der Waals surface area contributed by atoms with E-state index < -0.39 is 0 Å². The van der Waals surface area contributed by atoms with Crippen molar-refractivity contribution in [3.63, 3.8) is 0 Å². The molecule has 23 heavy (non-hydrogen) atoms. The maximum Gasteiger partial charge on any atom is 0.251 e. The predicted molar refractivity (Wildman–Crippen MR) is 90.1 cm³/mol. The first-order chi connectivity index (χ1) is 11.2. The van der Waals surface area contributed by atoms with Gasteiger partial charge in [0.1, 0.15) is 0 Å². The molecular formula is C18H14ClN3O. The highest BCUT2D eigenvalue weighted by atomic mass is 35.5. The first-order valence-electron chi connectivity index (χ1n) is 7.12. The fraction of sp³-hybridized carbons (Fsp3) is 0.0556. The third kappa shape index (κ3) is 3.93. The molecule has 0 aliphatic rings. The molecule has 0 aliphatic carbocycles. The van der Waals surface area contributed by atoms with Crippen molar-refractivity contribution in [1.82, 2.24) is 15.3 Å². The number of carbonyl (C=O) groups is 1. The molecule has 0 atom stereocenters. The van der Waals surface area contributed by atoms with Gasteiger partial charge in [0.05, 0.1) is 11.4 Å². The summed E-state index contributed by atoms with van der Waals surface area (Å²) < 4.78 is 0. The normalized spacial score (nSPS) is 10.3. The smallest absolute Gasteiger partial charge is 0.251 e. The molecule has 114 valence electrons. The van der Waals surface area contributed by atoms with Gasteiger partial charge in [-0.3, -0.25) is 14.8 Å². The molecule has 5 heteroatoms. The molecule has 0 saturated heterocycles. The fourth-order valence-electron chi connectivity index (χ4n) is 2.08. The molecule has 3 rings (SSSR count). The number of pyridine rings is 2. The molecule has 1 aromatic carbocycles. The molecule has 2 aromatic heterocycles. The Morgan fingerprint density at radius 2 is 1.74 bits per heavy atom. The van der Waals surface area contributed by atoms with Crippen molar-refractivity contribution >= 4 is 17.5 Å². The Morgan fingerprint density at radius 3 is 2.39 bits per heavy atom. The summed E-state index contributed by atoms with van der Waals surface area (Å²) in [6.45, 7) is 0.414. The van der Waals surface area contributed by atoms with Gasteiger partial charge in [-0.15, -0.1) is 0 Å². The van der Waals surface area contributed by atoms with Crippen LogP contribution in [0.5, 0.6) is 0 Å². The van der Waals surface area contributed by atoms with Crippen molar-refractivity contribution < 1.29 is 4.79 Å². The molecule has 1 N–H and O–H groups in total. The van der Waals surface area contributed by atoms with E-state index in [1.54, 1.807) is 36.7 Å². The number of hydrogen-bond acceptors (Lipinski definition) is 3. The van der Waals surface area contributed by atoms with Gasteiger partial charge in [0, 0.05) is 29.5 Å². The number of halogens is 1. The summed E-state index contributed by atoms with van der Waals surface area (Å²) in [6, 6.07) is 16.3. The van der Waals surface area contributed by atoms with E-state index in [9.17, 15) is 4.79 Å². The topological polar surface area (TPSA) is 54.9 Å². The number of nitrogens with one attached hydrogen (secondary N) is 1. The second kappa shape index (κ2) is 7.03. The number of hydrogen-bond donors (Lipinski definition) is 1. The highest BCUT2D eigenvalue weighted by molar-refractivity contribution is 6.30. The Kier molecular flexibility index (Phi) is 4.64. The van der Waals surface area contributed by atoms with Gasteiger partial charge in [-0.1, -0.05) is 23.7 Å². The lowest BCUT2D eigenvalue weighted by Gasteiger charge is -2.06. The molecule has 3 aromatic rings. The van der Waals surface area contributed by atoms with Crippen molar-refractivity contribution in [1.29, 1.82) is 0 Å². The summed E-state index contributed by atoms with van der Waals surface area (Å²) in [5, 5.41) is 3.46. The van der Waals surface area contributed by atoms with Crippen LogP contribution in [0.3, 0.4) is 0 Å². The van der Waals surface area contributed by atoms with Gasteiger partial charge in [-0.25, -0.2) is 0 Å². The quantitative estimate of drug-likeness (QED) is 0.796. The Labute approximate surface area is 139 Å². The van der Waals surface area contributed by atoms with Crippen molar-refractivity contribution in [2.75, 3.05) is 0 Å². The minimum absolute atomic E-state index is 0.143. The van der Waals surface area contributed by atoms with Crippen molar-refractivity contribution in [2.45, 2.75) is 6.54 Å². The first-order valence-corrected chi connectivity index (χ1v) is 7.50. The molecule has 1 amide bonds. The van der Waals surface area contributed by atoms with E-state index in [-0.39, 0.29) is 5.91 Å². The van der Waals surface area contributed by atoms with Crippen LogP contribution in [0, 0.1) is 0 Å². The maximum absolute atomic E-state index is 12.0. The van der Waals surface area contributed by atoms with Gasteiger partial charge in [-0.2, -0.15) is 0 Å². The van der Waals surface area contributed by atoms with Crippen LogP contribution >= 0.6 is 11.6 Å². The van der Waals surface area contributed by atoms with Gasteiger partial charge in [0.25, 0.3) is 5.91 Å². The number of benzene rings is 1. The van der Waals surface area contributed by atoms with Gasteiger partial charge in [-0.05, 0) is 48.0 Å². The number of rotatable bonds is 4. The number of aromatic nitrogens is 2. The van der Waals surface area contributed by atoms with Crippen LogP contribution in [0.1, 0.15) is 15.9 Å². The zero-order valence-electron chi connectivity index (χ0n) is 12.2. The average Bonchev–Trinajstić information content (AvgIpc) is 2.61. The second-order valence-corrected chi connectivity index (χ2v) is 5.39. The molecule has 0 unspecified atom stereocenters. The van der Waals surface area contributed by atoms with Crippen molar-refractivity contribution in [3.05, 3.63) is 83.1 Å². The van der Waals surface area contributed by atoms with Crippen LogP contribution in [-0.2, 0) is 6.54 Å². The maximum atomic E-state index is 12.0. The lowest BCUT2D eigenvalue weighted by atomic mass is 10.2. The van der Waals surface area contributed by atoms with Crippen molar-refractivity contribution in [2.24, 2.45) is 0 Å². The molecule has 0 bridgehead atoms.